The van der Waals surface area contributed by atoms with E-state index in [2.05, 4.69) is 27.4 Å². The summed E-state index contributed by atoms with van der Waals surface area (Å²) >= 11 is 0. The van der Waals surface area contributed by atoms with E-state index in [4.69, 9.17) is 4.74 Å². The predicted octanol–water partition coefficient (Wildman–Crippen LogP) is 3.96. The smallest absolute Gasteiger partial charge is 0.272 e. The number of nitrogens with one attached hydrogen (secondary N) is 2. The molecular weight excluding hydrogens is 468 g/mol. The number of benzene rings is 1. The summed E-state index contributed by atoms with van der Waals surface area (Å²) < 4.78 is 32.3. The van der Waals surface area contributed by atoms with Crippen molar-refractivity contribution in [2.45, 2.75) is 44.2 Å². The average Bonchev–Trinajstić information content (AvgIpc) is 3.29. The fourth-order valence-electron chi connectivity index (χ4n) is 4.93. The molecule has 8 nitrogen and oxygen atoms in total. The van der Waals surface area contributed by atoms with Crippen molar-refractivity contribution in [3.63, 3.8) is 0 Å². The van der Waals surface area contributed by atoms with Gasteiger partial charge in [-0.2, -0.15) is 5.10 Å². The molecule has 1 aromatic carbocycles. The molecule has 1 saturated carbocycles. The van der Waals surface area contributed by atoms with E-state index >= 15 is 0 Å². The molecule has 0 unspecified atom stereocenters. The molecule has 3 aromatic heterocycles. The van der Waals surface area contributed by atoms with Crippen molar-refractivity contribution in [3.8, 4) is 5.75 Å². The maximum absolute atomic E-state index is 12.9. The van der Waals surface area contributed by atoms with E-state index in [1.54, 1.807) is 28.8 Å². The third-order valence-corrected chi connectivity index (χ3v) is 6.81. The van der Waals surface area contributed by atoms with Crippen molar-refractivity contribution in [2.75, 3.05) is 13.3 Å². The van der Waals surface area contributed by atoms with Crippen molar-refractivity contribution >= 4 is 22.3 Å². The second kappa shape index (κ2) is 10.0. The van der Waals surface area contributed by atoms with Crippen molar-refractivity contribution in [3.05, 3.63) is 70.5 Å². The number of hydrogen-bond acceptors (Lipinski definition) is 5. The Balaban J connectivity index is 1.18. The van der Waals surface area contributed by atoms with E-state index in [1.165, 1.54) is 6.20 Å². The molecule has 3 heterocycles. The summed E-state index contributed by atoms with van der Waals surface area (Å²) in [7, 11) is 0. The number of rotatable bonds is 9. The zero-order chi connectivity index (χ0) is 25.2. The van der Waals surface area contributed by atoms with E-state index < -0.39 is 19.5 Å². The Hall–Kier alpha value is -3.82. The maximum atomic E-state index is 12.9. The Labute approximate surface area is 205 Å². The van der Waals surface area contributed by atoms with Crippen LogP contribution in [0, 0.1) is 5.92 Å². The summed E-state index contributed by atoms with van der Waals surface area (Å²) in [4.78, 5) is 29.1. The zero-order valence-electron chi connectivity index (χ0n) is 19.8. The highest BCUT2D eigenvalue weighted by molar-refractivity contribution is 5.93. The highest BCUT2D eigenvalue weighted by atomic mass is 19.1. The summed E-state index contributed by atoms with van der Waals surface area (Å²) in [6, 6.07) is 10.7. The van der Waals surface area contributed by atoms with E-state index in [9.17, 15) is 18.4 Å². The lowest BCUT2D eigenvalue weighted by molar-refractivity contribution is 0.0877. The molecule has 0 spiro atoms. The van der Waals surface area contributed by atoms with Gasteiger partial charge in [0.05, 0.1) is 17.3 Å². The number of pyridine rings is 1. The number of nitrogens with zero attached hydrogens (tertiary/aromatic N) is 3. The summed E-state index contributed by atoms with van der Waals surface area (Å²) in [5.74, 6) is 0.670. The first-order valence-corrected chi connectivity index (χ1v) is 12.0. The Morgan fingerprint density at radius 1 is 1.22 bits per heavy atom. The number of ether oxygens (including phenoxy) is 1. The van der Waals surface area contributed by atoms with Gasteiger partial charge in [0.15, 0.2) is 6.10 Å². The summed E-state index contributed by atoms with van der Waals surface area (Å²) in [6.45, 7) is 0.255. The van der Waals surface area contributed by atoms with Crippen molar-refractivity contribution in [2.24, 2.45) is 5.92 Å². The molecule has 1 aliphatic rings. The number of hydrogen-bond donors (Lipinski definition) is 2. The van der Waals surface area contributed by atoms with E-state index in [0.29, 0.717) is 28.4 Å². The number of fused-ring (bicyclic) bond motifs is 2. The topological polar surface area (TPSA) is 101 Å². The standard InChI is InChI=1S/C26H27F2N5O3/c1-15(24-20-4-2-3-5-21(20)25(34)32-31-24)8-16-9-17(10-16)30-26(35)22-14-29-23-11-18(6-7-33(22)23)36-19(12-27)13-28/h2-7,11,14-17,19H,8-10,12-13H2,1H3,(H,30,35)(H,32,34)/t15-,16-,17-/m0/s1. The zero-order valence-corrected chi connectivity index (χ0v) is 19.8. The fraction of sp³-hybridized carbons (Fsp3) is 0.385. The van der Waals surface area contributed by atoms with Crippen LogP contribution in [0.2, 0.25) is 0 Å². The first-order chi connectivity index (χ1) is 17.5. The Morgan fingerprint density at radius 2 is 1.97 bits per heavy atom. The molecule has 2 N–H and O–H groups in total. The number of alkyl halides is 2. The summed E-state index contributed by atoms with van der Waals surface area (Å²) in [5.41, 5.74) is 1.53. The van der Waals surface area contributed by atoms with Gasteiger partial charge in [-0.15, -0.1) is 0 Å². The van der Waals surface area contributed by atoms with Gasteiger partial charge in [-0.25, -0.2) is 18.9 Å². The third-order valence-electron chi connectivity index (χ3n) is 6.81. The van der Waals surface area contributed by atoms with Gasteiger partial charge in [-0.3, -0.25) is 14.0 Å². The fourth-order valence-corrected chi connectivity index (χ4v) is 4.93. The minimum absolute atomic E-state index is 0.0676. The predicted molar refractivity (Wildman–Crippen MR) is 131 cm³/mol. The molecule has 188 valence electrons. The van der Waals surface area contributed by atoms with Crippen LogP contribution in [0.25, 0.3) is 16.4 Å². The van der Waals surface area contributed by atoms with E-state index in [-0.39, 0.29) is 23.4 Å². The molecule has 0 saturated heterocycles. The molecule has 0 aliphatic heterocycles. The van der Waals surface area contributed by atoms with Crippen LogP contribution in [0.4, 0.5) is 8.78 Å². The van der Waals surface area contributed by atoms with Crippen molar-refractivity contribution in [1.29, 1.82) is 0 Å². The number of amides is 1. The molecule has 36 heavy (non-hydrogen) atoms. The molecule has 1 fully saturated rings. The first-order valence-electron chi connectivity index (χ1n) is 12.0. The molecule has 1 atom stereocenters. The Bertz CT molecular complexity index is 1440. The number of carbonyl (C=O) groups is 1. The lowest BCUT2D eigenvalue weighted by Crippen LogP contribution is -2.44. The van der Waals surface area contributed by atoms with Gasteiger partial charge < -0.3 is 10.1 Å². The van der Waals surface area contributed by atoms with Gasteiger partial charge in [0, 0.05) is 29.6 Å². The van der Waals surface area contributed by atoms with Gasteiger partial charge >= 0.3 is 0 Å². The number of halogens is 2. The van der Waals surface area contributed by atoms with Gasteiger partial charge in [0.1, 0.15) is 30.4 Å². The molecule has 10 heteroatoms. The summed E-state index contributed by atoms with van der Waals surface area (Å²) in [5, 5.41) is 11.5. The third kappa shape index (κ3) is 4.67. The Morgan fingerprint density at radius 3 is 2.72 bits per heavy atom. The number of aromatic amines is 1. The van der Waals surface area contributed by atoms with E-state index in [0.717, 1.165) is 30.3 Å². The lowest BCUT2D eigenvalue weighted by Gasteiger charge is -2.37. The van der Waals surface area contributed by atoms with Gasteiger partial charge in [0.2, 0.25) is 0 Å². The maximum Gasteiger partial charge on any atom is 0.272 e. The molecule has 1 amide bonds. The van der Waals surface area contributed by atoms with Crippen LogP contribution >= 0.6 is 0 Å². The van der Waals surface area contributed by atoms with Gasteiger partial charge in [-0.1, -0.05) is 25.1 Å². The molecule has 4 aromatic rings. The van der Waals surface area contributed by atoms with Crippen LogP contribution in [-0.2, 0) is 0 Å². The molecule has 0 radical (unpaired) electrons. The largest absolute Gasteiger partial charge is 0.485 e. The van der Waals surface area contributed by atoms with Crippen molar-refractivity contribution < 1.29 is 18.3 Å². The first kappa shape index (κ1) is 23.9. The summed E-state index contributed by atoms with van der Waals surface area (Å²) in [6.07, 6.45) is 4.55. The van der Waals surface area contributed by atoms with Gasteiger partial charge in [-0.05, 0) is 37.3 Å². The average molecular weight is 496 g/mol. The highest BCUT2D eigenvalue weighted by Crippen LogP contribution is 2.37. The number of carbonyl (C=O) groups excluding carboxylic acids is 1. The van der Waals surface area contributed by atoms with E-state index in [1.807, 2.05) is 18.2 Å². The molecule has 5 rings (SSSR count). The molecule has 0 bridgehead atoms. The minimum atomic E-state index is -1.15. The van der Waals surface area contributed by atoms with Crippen LogP contribution in [-0.4, -0.2) is 51.0 Å². The minimum Gasteiger partial charge on any atom is -0.485 e. The normalized spacial score (nSPS) is 18.3. The quantitative estimate of drug-likeness (QED) is 0.366. The number of H-pyrrole nitrogens is 1. The Kier molecular flexibility index (Phi) is 6.67. The highest BCUT2D eigenvalue weighted by Gasteiger charge is 2.32. The molecular formula is C26H27F2N5O3. The monoisotopic (exact) mass is 495 g/mol. The number of imidazole rings is 1. The van der Waals surface area contributed by atoms with Crippen LogP contribution in [0.15, 0.2) is 53.6 Å². The second-order valence-electron chi connectivity index (χ2n) is 9.41. The second-order valence-corrected chi connectivity index (χ2v) is 9.41. The number of aromatic nitrogens is 4. The van der Waals surface area contributed by atoms with Gasteiger partial charge in [0.25, 0.3) is 11.5 Å². The van der Waals surface area contributed by atoms with Crippen LogP contribution < -0.4 is 15.6 Å². The van der Waals surface area contributed by atoms with Crippen molar-refractivity contribution in [1.82, 2.24) is 24.9 Å². The SMILES string of the molecule is C[C@@H](C[C@H]1C[C@H](NC(=O)c2cnc3cc(OC(CF)CF)ccn23)C1)c1n[nH]c(=O)c2ccccc12. The lowest BCUT2D eigenvalue weighted by atomic mass is 9.74. The van der Waals surface area contributed by atoms with Crippen LogP contribution in [0.3, 0.4) is 0 Å². The molecule has 1 aliphatic carbocycles. The van der Waals surface area contributed by atoms with Crippen LogP contribution in [0.5, 0.6) is 5.75 Å². The van der Waals surface area contributed by atoms with Crippen LogP contribution in [0.1, 0.15) is 48.3 Å².